The molecule has 3 N–H and O–H groups in total. The van der Waals surface area contributed by atoms with Gasteiger partial charge in [-0.3, -0.25) is 9.59 Å². The van der Waals surface area contributed by atoms with Crippen molar-refractivity contribution in [2.75, 3.05) is 18.0 Å². The van der Waals surface area contributed by atoms with E-state index in [0.717, 1.165) is 65.4 Å². The van der Waals surface area contributed by atoms with E-state index in [-0.39, 0.29) is 23.7 Å². The number of anilines is 1. The number of hydrogen-bond donors (Lipinski definition) is 3. The van der Waals surface area contributed by atoms with Gasteiger partial charge in [0, 0.05) is 30.0 Å². The van der Waals surface area contributed by atoms with E-state index in [2.05, 4.69) is 43.2 Å². The third kappa shape index (κ3) is 9.56. The van der Waals surface area contributed by atoms with Crippen LogP contribution in [-0.4, -0.2) is 58.0 Å². The number of carbonyl (C=O) groups excluding carboxylic acids is 2. The summed E-state index contributed by atoms with van der Waals surface area (Å²) in [5.74, 6) is 1.35. The number of benzene rings is 1. The Morgan fingerprint density at radius 2 is 1.53 bits per heavy atom. The molecule has 2 atom stereocenters. The highest BCUT2D eigenvalue weighted by molar-refractivity contribution is 7.14. The molecule has 6 rings (SSSR count). The fraction of sp³-hybridized carbons (Fsp3) is 0.585. The quantitative estimate of drug-likeness (QED) is 0.166. The van der Waals surface area contributed by atoms with Crippen molar-refractivity contribution < 1.29 is 19.5 Å². The standard InChI is InChI=1S/C41H55N5O4S/c1-5-6-26-7-11-28(12-8-26)29-19-21-46(22-20-29)32-24-42-37(43-25-32)31-13-9-27(10-14-31)23-33(38(47)45-36(40(49)50)30-15-16-30)44-39(48)34-17-18-35(51-34)41(2,3)4/h9-10,13-14,17-18,24-26,28-30,33,36H,5-8,11-12,15-16,19-23H2,1-4H3,(H,44,48)(H,45,47)(H,49,50)/t26-,28-,33-,36+/m0/s1. The molecule has 3 aromatic rings. The van der Waals surface area contributed by atoms with Crippen molar-refractivity contribution in [3.8, 4) is 11.4 Å². The summed E-state index contributed by atoms with van der Waals surface area (Å²) >= 11 is 1.40. The van der Waals surface area contributed by atoms with Crippen molar-refractivity contribution in [3.63, 3.8) is 0 Å². The minimum Gasteiger partial charge on any atom is -0.480 e. The van der Waals surface area contributed by atoms with E-state index in [1.807, 2.05) is 42.7 Å². The lowest BCUT2D eigenvalue weighted by atomic mass is 9.72. The molecular weight excluding hydrogens is 659 g/mol. The van der Waals surface area contributed by atoms with Gasteiger partial charge in [0.15, 0.2) is 5.82 Å². The summed E-state index contributed by atoms with van der Waals surface area (Å²) in [4.78, 5) is 52.2. The van der Waals surface area contributed by atoms with Crippen molar-refractivity contribution >= 4 is 34.8 Å². The maximum absolute atomic E-state index is 13.5. The average molecular weight is 714 g/mol. The first kappa shape index (κ1) is 37.0. The molecular formula is C41H55N5O4S. The molecule has 3 aliphatic rings. The smallest absolute Gasteiger partial charge is 0.326 e. The van der Waals surface area contributed by atoms with Gasteiger partial charge in [0.25, 0.3) is 5.91 Å². The van der Waals surface area contributed by atoms with Crippen LogP contribution in [0.4, 0.5) is 5.69 Å². The number of carboxylic acid groups (broad SMARTS) is 1. The maximum atomic E-state index is 13.5. The topological polar surface area (TPSA) is 125 Å². The second-order valence-electron chi connectivity index (χ2n) is 16.2. The second kappa shape index (κ2) is 16.3. The lowest BCUT2D eigenvalue weighted by Gasteiger charge is -2.39. The molecule has 2 saturated carbocycles. The third-order valence-electron chi connectivity index (χ3n) is 11.3. The van der Waals surface area contributed by atoms with Crippen LogP contribution in [0.3, 0.4) is 0 Å². The van der Waals surface area contributed by atoms with E-state index in [1.54, 1.807) is 6.07 Å². The molecule has 9 nitrogen and oxygen atoms in total. The van der Waals surface area contributed by atoms with Crippen LogP contribution < -0.4 is 15.5 Å². The number of nitrogens with one attached hydrogen (secondary N) is 2. The summed E-state index contributed by atoms with van der Waals surface area (Å²) in [5, 5.41) is 15.3. The monoisotopic (exact) mass is 713 g/mol. The normalized spacial score (nSPS) is 21.1. The number of carbonyl (C=O) groups is 3. The molecule has 1 aromatic carbocycles. The first-order valence-electron chi connectivity index (χ1n) is 19.1. The first-order chi connectivity index (χ1) is 24.5. The van der Waals surface area contributed by atoms with Crippen LogP contribution in [0.15, 0.2) is 48.8 Å². The Morgan fingerprint density at radius 1 is 0.882 bits per heavy atom. The SMILES string of the molecule is CCC[C@H]1CC[C@H](C2CCN(c3cnc(-c4ccc(C[C@H](NC(=O)c5ccc(C(C)(C)C)s5)C(=O)N[C@@H](C(=O)O)C5CC5)cc4)nc3)CC2)CC1. The zero-order valence-corrected chi connectivity index (χ0v) is 31.5. The number of thiophene rings is 1. The number of aliphatic carboxylic acids is 1. The van der Waals surface area contributed by atoms with E-state index in [4.69, 9.17) is 9.97 Å². The molecule has 0 spiro atoms. The fourth-order valence-corrected chi connectivity index (χ4v) is 8.98. The minimum atomic E-state index is -1.05. The van der Waals surface area contributed by atoms with Crippen LogP contribution in [0.1, 0.15) is 112 Å². The van der Waals surface area contributed by atoms with Crippen molar-refractivity contribution in [3.05, 3.63) is 64.1 Å². The minimum absolute atomic E-state index is 0.0768. The van der Waals surface area contributed by atoms with E-state index >= 15 is 0 Å². The van der Waals surface area contributed by atoms with Crippen LogP contribution in [0.25, 0.3) is 11.4 Å². The Kier molecular flexibility index (Phi) is 11.8. The molecule has 2 amide bonds. The predicted octanol–water partition coefficient (Wildman–Crippen LogP) is 7.65. The van der Waals surface area contributed by atoms with Gasteiger partial charge in [0.05, 0.1) is 23.0 Å². The number of hydrogen-bond acceptors (Lipinski definition) is 7. The maximum Gasteiger partial charge on any atom is 0.326 e. The van der Waals surface area contributed by atoms with Gasteiger partial charge in [-0.2, -0.15) is 0 Å². The van der Waals surface area contributed by atoms with Crippen LogP contribution in [0, 0.1) is 23.7 Å². The number of amides is 2. The first-order valence-corrected chi connectivity index (χ1v) is 19.9. The van der Waals surface area contributed by atoms with E-state index < -0.39 is 24.0 Å². The molecule has 10 heteroatoms. The number of piperidine rings is 1. The Morgan fingerprint density at radius 3 is 2.10 bits per heavy atom. The highest BCUT2D eigenvalue weighted by Gasteiger charge is 2.39. The lowest BCUT2D eigenvalue weighted by molar-refractivity contribution is -0.142. The van der Waals surface area contributed by atoms with Crippen LogP contribution >= 0.6 is 11.3 Å². The Hall–Kier alpha value is -3.79. The molecule has 3 heterocycles. The van der Waals surface area contributed by atoms with Gasteiger partial charge >= 0.3 is 5.97 Å². The zero-order valence-electron chi connectivity index (χ0n) is 30.7. The largest absolute Gasteiger partial charge is 0.480 e. The number of rotatable bonds is 13. The number of aromatic nitrogens is 2. The highest BCUT2D eigenvalue weighted by atomic mass is 32.1. The van der Waals surface area contributed by atoms with E-state index in [1.165, 1.54) is 62.7 Å². The summed E-state index contributed by atoms with van der Waals surface area (Å²) in [5.41, 5.74) is 2.66. The summed E-state index contributed by atoms with van der Waals surface area (Å²) in [6.45, 7) is 10.7. The molecule has 0 radical (unpaired) electrons. The molecule has 274 valence electrons. The van der Waals surface area contributed by atoms with Gasteiger partial charge in [-0.25, -0.2) is 14.8 Å². The summed E-state index contributed by atoms with van der Waals surface area (Å²) in [6, 6.07) is 9.51. The van der Waals surface area contributed by atoms with Crippen LogP contribution in [0.2, 0.25) is 0 Å². The Balaban J connectivity index is 1.07. The fourth-order valence-electron chi connectivity index (χ4n) is 8.01. The number of carboxylic acids is 1. The van der Waals surface area contributed by atoms with Gasteiger partial charge < -0.3 is 20.6 Å². The molecule has 2 aliphatic carbocycles. The second-order valence-corrected chi connectivity index (χ2v) is 17.2. The molecule has 0 unspecified atom stereocenters. The zero-order chi connectivity index (χ0) is 36.1. The summed E-state index contributed by atoms with van der Waals surface area (Å²) in [7, 11) is 0. The Bertz CT molecular complexity index is 1630. The van der Waals surface area contributed by atoms with E-state index in [0.29, 0.717) is 10.7 Å². The number of nitrogens with zero attached hydrogens (tertiary/aromatic N) is 3. The molecule has 1 aliphatic heterocycles. The van der Waals surface area contributed by atoms with Crippen molar-refractivity contribution in [2.24, 2.45) is 23.7 Å². The van der Waals surface area contributed by atoms with Crippen molar-refractivity contribution in [1.82, 2.24) is 20.6 Å². The van der Waals surface area contributed by atoms with E-state index in [9.17, 15) is 19.5 Å². The van der Waals surface area contributed by atoms with Gasteiger partial charge in [-0.1, -0.05) is 77.6 Å². The molecule has 3 fully saturated rings. The van der Waals surface area contributed by atoms with Gasteiger partial charge in [0.1, 0.15) is 12.1 Å². The van der Waals surface area contributed by atoms with Gasteiger partial charge in [-0.15, -0.1) is 11.3 Å². The van der Waals surface area contributed by atoms with Crippen LogP contribution in [0.5, 0.6) is 0 Å². The van der Waals surface area contributed by atoms with Crippen molar-refractivity contribution in [1.29, 1.82) is 0 Å². The van der Waals surface area contributed by atoms with Crippen LogP contribution in [-0.2, 0) is 21.4 Å². The third-order valence-corrected chi connectivity index (χ3v) is 12.8. The average Bonchev–Trinajstić information content (AvgIpc) is 3.83. The highest BCUT2D eigenvalue weighted by Crippen LogP contribution is 2.40. The molecule has 0 bridgehead atoms. The van der Waals surface area contributed by atoms with Gasteiger partial charge in [0.2, 0.25) is 5.91 Å². The predicted molar refractivity (Wildman–Crippen MR) is 203 cm³/mol. The summed E-state index contributed by atoms with van der Waals surface area (Å²) < 4.78 is 0. The Labute approximate surface area is 307 Å². The molecule has 1 saturated heterocycles. The molecule has 2 aromatic heterocycles. The molecule has 51 heavy (non-hydrogen) atoms. The van der Waals surface area contributed by atoms with Crippen molar-refractivity contribution in [2.45, 2.75) is 116 Å². The lowest BCUT2D eigenvalue weighted by Crippen LogP contribution is -2.53. The summed E-state index contributed by atoms with van der Waals surface area (Å²) in [6.07, 6.45) is 16.5. The van der Waals surface area contributed by atoms with Gasteiger partial charge in [-0.05, 0) is 85.3 Å².